The van der Waals surface area contributed by atoms with Crippen molar-refractivity contribution in [2.75, 3.05) is 6.26 Å². The van der Waals surface area contributed by atoms with Crippen LogP contribution in [0.15, 0.2) is 65.3 Å². The molecule has 0 spiro atoms. The predicted octanol–water partition coefficient (Wildman–Crippen LogP) is 3.68. The van der Waals surface area contributed by atoms with Crippen molar-refractivity contribution in [3.05, 3.63) is 93.4 Å². The van der Waals surface area contributed by atoms with Crippen molar-refractivity contribution >= 4 is 21.7 Å². The molecular formula is C21H20N2O7S. The lowest BCUT2D eigenvalue weighted by Gasteiger charge is -2.22. The molecule has 3 rings (SSSR count). The fourth-order valence-electron chi connectivity index (χ4n) is 3.00. The minimum Gasteiger partial charge on any atom is -0.467 e. The zero-order valence-electron chi connectivity index (χ0n) is 16.8. The van der Waals surface area contributed by atoms with Gasteiger partial charge in [0.15, 0.2) is 0 Å². The van der Waals surface area contributed by atoms with E-state index in [2.05, 4.69) is 0 Å². The Labute approximate surface area is 179 Å². The van der Waals surface area contributed by atoms with E-state index >= 15 is 0 Å². The molecule has 0 atom stereocenters. The van der Waals surface area contributed by atoms with E-state index in [9.17, 15) is 23.3 Å². The second-order valence-electron chi connectivity index (χ2n) is 6.93. The van der Waals surface area contributed by atoms with Crippen molar-refractivity contribution in [1.29, 1.82) is 0 Å². The maximum absolute atomic E-state index is 13.2. The van der Waals surface area contributed by atoms with E-state index in [4.69, 9.17) is 8.60 Å². The van der Waals surface area contributed by atoms with Crippen LogP contribution in [0.25, 0.3) is 0 Å². The van der Waals surface area contributed by atoms with Crippen LogP contribution in [0.3, 0.4) is 0 Å². The van der Waals surface area contributed by atoms with Crippen molar-refractivity contribution in [1.82, 2.24) is 4.90 Å². The number of nitro groups is 1. The number of amides is 1. The molecular weight excluding hydrogens is 424 g/mol. The first kappa shape index (κ1) is 22.0. The molecule has 0 saturated heterocycles. The van der Waals surface area contributed by atoms with E-state index in [0.29, 0.717) is 16.9 Å². The van der Waals surface area contributed by atoms with E-state index in [-0.39, 0.29) is 30.1 Å². The molecule has 0 saturated carbocycles. The highest BCUT2D eigenvalue weighted by atomic mass is 32.2. The fourth-order valence-corrected chi connectivity index (χ4v) is 3.46. The molecule has 10 heteroatoms. The molecule has 162 valence electrons. The Hall–Kier alpha value is -3.66. The average Bonchev–Trinajstić information content (AvgIpc) is 3.19. The summed E-state index contributed by atoms with van der Waals surface area (Å²) in [6, 6.07) is 14.0. The topological polar surface area (TPSA) is 120 Å². The third-order valence-electron chi connectivity index (χ3n) is 4.39. The van der Waals surface area contributed by atoms with Crippen LogP contribution >= 0.6 is 0 Å². The summed E-state index contributed by atoms with van der Waals surface area (Å²) < 4.78 is 33.1. The summed E-state index contributed by atoms with van der Waals surface area (Å²) in [5.41, 5.74) is 1.08. The number of benzene rings is 2. The first-order valence-corrected chi connectivity index (χ1v) is 11.0. The smallest absolute Gasteiger partial charge is 0.306 e. The number of hydrogen-bond acceptors (Lipinski definition) is 7. The van der Waals surface area contributed by atoms with E-state index < -0.39 is 20.9 Å². The molecule has 9 nitrogen and oxygen atoms in total. The highest BCUT2D eigenvalue weighted by Gasteiger charge is 2.21. The molecule has 0 unspecified atom stereocenters. The second kappa shape index (κ2) is 9.00. The lowest BCUT2D eigenvalue weighted by molar-refractivity contribution is -0.385. The molecule has 2 aromatic carbocycles. The number of hydrogen-bond donors (Lipinski definition) is 0. The van der Waals surface area contributed by atoms with Gasteiger partial charge in [-0.15, -0.1) is 0 Å². The lowest BCUT2D eigenvalue weighted by Crippen LogP contribution is -2.30. The number of nitrogens with zero attached hydrogens (tertiary/aromatic N) is 2. The van der Waals surface area contributed by atoms with E-state index in [1.54, 1.807) is 31.2 Å². The van der Waals surface area contributed by atoms with Gasteiger partial charge in [0.25, 0.3) is 11.6 Å². The van der Waals surface area contributed by atoms with Crippen molar-refractivity contribution in [3.63, 3.8) is 0 Å². The quantitative estimate of drug-likeness (QED) is 0.295. The van der Waals surface area contributed by atoms with Crippen LogP contribution in [0.5, 0.6) is 5.75 Å². The fraction of sp³-hybridized carbons (Fsp3) is 0.190. The van der Waals surface area contributed by atoms with Gasteiger partial charge >= 0.3 is 10.1 Å². The number of furan rings is 1. The third kappa shape index (κ3) is 5.92. The van der Waals surface area contributed by atoms with Gasteiger partial charge < -0.3 is 13.5 Å². The highest BCUT2D eigenvalue weighted by Crippen LogP contribution is 2.23. The van der Waals surface area contributed by atoms with Crippen molar-refractivity contribution in [2.24, 2.45) is 0 Å². The van der Waals surface area contributed by atoms with Crippen LogP contribution in [0.1, 0.15) is 27.2 Å². The molecule has 0 bridgehead atoms. The summed E-state index contributed by atoms with van der Waals surface area (Å²) in [6.07, 6.45) is 2.42. The van der Waals surface area contributed by atoms with Crippen LogP contribution < -0.4 is 4.18 Å². The maximum Gasteiger partial charge on any atom is 0.306 e. The molecule has 0 radical (unpaired) electrons. The monoisotopic (exact) mass is 444 g/mol. The normalized spacial score (nSPS) is 11.2. The standard InChI is InChI=1S/C21H20N2O7S/c1-15-8-9-17(12-20(15)23(25)26)21(24)22(14-19-7-4-10-29-19)13-16-5-3-6-18(11-16)30-31(2,27)28/h3-12H,13-14H2,1-2H3. The summed E-state index contributed by atoms with van der Waals surface area (Å²) in [7, 11) is -3.70. The predicted molar refractivity (Wildman–Crippen MR) is 112 cm³/mol. The summed E-state index contributed by atoms with van der Waals surface area (Å²) in [5, 5.41) is 11.3. The van der Waals surface area contributed by atoms with E-state index in [1.807, 2.05) is 0 Å². The third-order valence-corrected chi connectivity index (χ3v) is 4.88. The van der Waals surface area contributed by atoms with E-state index in [0.717, 1.165) is 6.26 Å². The molecule has 0 aliphatic heterocycles. The summed E-state index contributed by atoms with van der Waals surface area (Å²) in [5.74, 6) is 0.212. The van der Waals surface area contributed by atoms with Gasteiger partial charge in [-0.3, -0.25) is 14.9 Å². The van der Waals surface area contributed by atoms with Crippen molar-refractivity contribution < 1.29 is 26.7 Å². The van der Waals surface area contributed by atoms with Crippen LogP contribution in [-0.2, 0) is 23.2 Å². The van der Waals surface area contributed by atoms with Crippen LogP contribution in [0, 0.1) is 17.0 Å². The molecule has 3 aromatic rings. The van der Waals surface area contributed by atoms with Gasteiger partial charge in [-0.2, -0.15) is 8.42 Å². The zero-order chi connectivity index (χ0) is 22.6. The second-order valence-corrected chi connectivity index (χ2v) is 8.51. The Morgan fingerprint density at radius 1 is 1.13 bits per heavy atom. The molecule has 0 N–H and O–H groups in total. The SMILES string of the molecule is Cc1ccc(C(=O)N(Cc2cccc(OS(C)(=O)=O)c2)Cc2ccco2)cc1[N+](=O)[O-]. The Morgan fingerprint density at radius 2 is 1.90 bits per heavy atom. The Balaban J connectivity index is 1.92. The van der Waals surface area contributed by atoms with Crippen molar-refractivity contribution in [3.8, 4) is 5.75 Å². The largest absolute Gasteiger partial charge is 0.467 e. The number of aryl methyl sites for hydroxylation is 1. The summed E-state index contributed by atoms with van der Waals surface area (Å²) in [4.78, 5) is 25.4. The zero-order valence-corrected chi connectivity index (χ0v) is 17.7. The molecule has 0 aliphatic carbocycles. The van der Waals surface area contributed by atoms with E-state index in [1.165, 1.54) is 41.5 Å². The molecule has 0 aliphatic rings. The Morgan fingerprint density at radius 3 is 2.55 bits per heavy atom. The van der Waals surface area contributed by atoms with Crippen LogP contribution in [-0.4, -0.2) is 30.4 Å². The molecule has 1 aromatic heterocycles. The lowest BCUT2D eigenvalue weighted by atomic mass is 10.1. The van der Waals surface area contributed by atoms with Crippen molar-refractivity contribution in [2.45, 2.75) is 20.0 Å². The molecule has 1 heterocycles. The first-order valence-electron chi connectivity index (χ1n) is 9.17. The molecule has 1 amide bonds. The van der Waals surface area contributed by atoms with Gasteiger partial charge in [-0.05, 0) is 42.8 Å². The van der Waals surface area contributed by atoms with Gasteiger partial charge in [0, 0.05) is 23.7 Å². The number of carbonyl (C=O) groups excluding carboxylic acids is 1. The van der Waals surface area contributed by atoms with Gasteiger partial charge in [0.05, 0.1) is 24.0 Å². The summed E-state index contributed by atoms with van der Waals surface area (Å²) >= 11 is 0. The van der Waals surface area contributed by atoms with Gasteiger partial charge in [0.1, 0.15) is 11.5 Å². The average molecular weight is 444 g/mol. The van der Waals surface area contributed by atoms with Gasteiger partial charge in [-0.1, -0.05) is 18.2 Å². The van der Waals surface area contributed by atoms with Gasteiger partial charge in [0.2, 0.25) is 0 Å². The minimum atomic E-state index is -3.70. The Bertz CT molecular complexity index is 1200. The maximum atomic E-state index is 13.2. The number of nitro benzene ring substituents is 1. The highest BCUT2D eigenvalue weighted by molar-refractivity contribution is 7.86. The first-order chi connectivity index (χ1) is 14.6. The minimum absolute atomic E-state index is 0.0994. The summed E-state index contributed by atoms with van der Waals surface area (Å²) in [6.45, 7) is 1.81. The van der Waals surface area contributed by atoms with Crippen LogP contribution in [0.2, 0.25) is 0 Å². The van der Waals surface area contributed by atoms with Gasteiger partial charge in [-0.25, -0.2) is 0 Å². The Kier molecular flexibility index (Phi) is 6.40. The number of rotatable bonds is 8. The molecule has 0 fully saturated rings. The van der Waals surface area contributed by atoms with Crippen LogP contribution in [0.4, 0.5) is 5.69 Å². The number of carbonyl (C=O) groups is 1. The molecule has 31 heavy (non-hydrogen) atoms.